The summed E-state index contributed by atoms with van der Waals surface area (Å²) in [5, 5.41) is 9.35. The van der Waals surface area contributed by atoms with Crippen molar-refractivity contribution in [1.82, 2.24) is 0 Å². The van der Waals surface area contributed by atoms with Crippen LogP contribution in [0.2, 0.25) is 0 Å². The van der Waals surface area contributed by atoms with Gasteiger partial charge in [0.25, 0.3) is 0 Å². The second-order valence-corrected chi connectivity index (χ2v) is 4.47. The summed E-state index contributed by atoms with van der Waals surface area (Å²) in [5.41, 5.74) is 3.51. The number of hydrogen-bond acceptors (Lipinski definition) is 2. The van der Waals surface area contributed by atoms with Crippen molar-refractivity contribution in [2.45, 2.75) is 19.8 Å². The fourth-order valence-electron chi connectivity index (χ4n) is 2.18. The maximum absolute atomic E-state index is 9.35. The zero-order valence-corrected chi connectivity index (χ0v) is 11.2. The molecule has 19 heavy (non-hydrogen) atoms. The third-order valence-electron chi connectivity index (χ3n) is 3.25. The van der Waals surface area contributed by atoms with Crippen molar-refractivity contribution in [2.24, 2.45) is 0 Å². The Bertz CT molecular complexity index is 555. The molecular weight excluding hydrogens is 232 g/mol. The summed E-state index contributed by atoms with van der Waals surface area (Å²) < 4.78 is 0. The summed E-state index contributed by atoms with van der Waals surface area (Å²) in [6.07, 6.45) is 4.12. The van der Waals surface area contributed by atoms with Crippen LogP contribution in [0.25, 0.3) is 0 Å². The fourth-order valence-corrected chi connectivity index (χ4v) is 2.18. The number of nitriles is 1. The predicted octanol–water partition coefficient (Wildman–Crippen LogP) is 3.78. The van der Waals surface area contributed by atoms with E-state index >= 15 is 0 Å². The van der Waals surface area contributed by atoms with Crippen molar-refractivity contribution in [3.8, 4) is 6.19 Å². The molecule has 0 unspecified atom stereocenters. The van der Waals surface area contributed by atoms with Crippen molar-refractivity contribution in [3.05, 3.63) is 65.7 Å². The lowest BCUT2D eigenvalue weighted by Gasteiger charge is -2.18. The first-order chi connectivity index (χ1) is 9.35. The van der Waals surface area contributed by atoms with Gasteiger partial charge < -0.3 is 0 Å². The monoisotopic (exact) mass is 250 g/mol. The third-order valence-corrected chi connectivity index (χ3v) is 3.25. The van der Waals surface area contributed by atoms with Gasteiger partial charge in [0.1, 0.15) is 0 Å². The zero-order valence-electron chi connectivity index (χ0n) is 11.2. The van der Waals surface area contributed by atoms with E-state index in [1.807, 2.05) is 36.4 Å². The van der Waals surface area contributed by atoms with Gasteiger partial charge in [-0.1, -0.05) is 55.5 Å². The number of hydrogen-bond donors (Lipinski definition) is 0. The zero-order chi connectivity index (χ0) is 13.5. The van der Waals surface area contributed by atoms with Gasteiger partial charge in [-0.2, -0.15) is 5.26 Å². The average molecular weight is 250 g/mol. The van der Waals surface area contributed by atoms with Gasteiger partial charge in [0.05, 0.1) is 5.69 Å². The molecule has 2 rings (SSSR count). The Hall–Kier alpha value is -2.27. The van der Waals surface area contributed by atoms with Crippen molar-refractivity contribution >= 4 is 5.69 Å². The van der Waals surface area contributed by atoms with E-state index in [1.54, 1.807) is 4.90 Å². The van der Waals surface area contributed by atoms with Crippen LogP contribution in [0.5, 0.6) is 0 Å². The van der Waals surface area contributed by atoms with Crippen LogP contribution < -0.4 is 4.90 Å². The van der Waals surface area contributed by atoms with Gasteiger partial charge in [0.15, 0.2) is 6.19 Å². The fraction of sp³-hybridized carbons (Fsp3) is 0.235. The molecule has 0 aliphatic carbocycles. The minimum atomic E-state index is 0.720. The van der Waals surface area contributed by atoms with Crippen LogP contribution in [-0.2, 0) is 12.8 Å². The van der Waals surface area contributed by atoms with Gasteiger partial charge in [-0.15, -0.1) is 0 Å². The van der Waals surface area contributed by atoms with E-state index in [0.29, 0.717) is 0 Å². The lowest BCUT2D eigenvalue weighted by Crippen LogP contribution is -2.20. The standard InChI is InChI=1S/C17H18N2/c1-2-16-10-6-7-11-17(16)19(14-18)13-12-15-8-4-3-5-9-15/h3-11H,2,12-13H2,1H3. The number of benzene rings is 2. The molecule has 2 aromatic carbocycles. The Kier molecular flexibility index (Phi) is 4.58. The minimum Gasteiger partial charge on any atom is -0.279 e. The summed E-state index contributed by atoms with van der Waals surface area (Å²) in [7, 11) is 0. The van der Waals surface area contributed by atoms with Crippen LogP contribution in [0, 0.1) is 11.5 Å². The first-order valence-corrected chi connectivity index (χ1v) is 6.64. The molecule has 2 heteroatoms. The van der Waals surface area contributed by atoms with Crippen LogP contribution in [0.1, 0.15) is 18.1 Å². The second kappa shape index (κ2) is 6.61. The Morgan fingerprint density at radius 1 is 1.00 bits per heavy atom. The second-order valence-electron chi connectivity index (χ2n) is 4.47. The minimum absolute atomic E-state index is 0.720. The molecule has 0 radical (unpaired) electrons. The highest BCUT2D eigenvalue weighted by molar-refractivity contribution is 5.56. The molecule has 0 aliphatic rings. The maximum Gasteiger partial charge on any atom is 0.184 e. The van der Waals surface area contributed by atoms with E-state index in [9.17, 15) is 5.26 Å². The molecule has 2 nitrogen and oxygen atoms in total. The maximum atomic E-state index is 9.35. The lowest BCUT2D eigenvalue weighted by molar-refractivity contribution is 0.906. The molecule has 96 valence electrons. The molecule has 0 fully saturated rings. The Morgan fingerprint density at radius 2 is 1.68 bits per heavy atom. The highest BCUT2D eigenvalue weighted by Gasteiger charge is 2.09. The highest BCUT2D eigenvalue weighted by atomic mass is 15.1. The molecule has 0 aliphatic heterocycles. The molecule has 0 N–H and O–H groups in total. The van der Waals surface area contributed by atoms with E-state index in [-0.39, 0.29) is 0 Å². The molecule has 0 heterocycles. The lowest BCUT2D eigenvalue weighted by atomic mass is 10.1. The Balaban J connectivity index is 2.11. The van der Waals surface area contributed by atoms with Gasteiger partial charge in [-0.25, -0.2) is 0 Å². The van der Waals surface area contributed by atoms with Crippen LogP contribution in [-0.4, -0.2) is 6.54 Å². The Labute approximate surface area is 114 Å². The predicted molar refractivity (Wildman–Crippen MR) is 78.9 cm³/mol. The first kappa shape index (κ1) is 13.2. The van der Waals surface area contributed by atoms with Gasteiger partial charge >= 0.3 is 0 Å². The van der Waals surface area contributed by atoms with E-state index in [2.05, 4.69) is 31.3 Å². The van der Waals surface area contributed by atoms with E-state index in [4.69, 9.17) is 0 Å². The van der Waals surface area contributed by atoms with Crippen molar-refractivity contribution in [3.63, 3.8) is 0 Å². The van der Waals surface area contributed by atoms with Crippen LogP contribution in [0.3, 0.4) is 0 Å². The summed E-state index contributed by atoms with van der Waals surface area (Å²) >= 11 is 0. The number of anilines is 1. The van der Waals surface area contributed by atoms with E-state index in [1.165, 1.54) is 11.1 Å². The van der Waals surface area contributed by atoms with Gasteiger partial charge in [0, 0.05) is 6.54 Å². The Morgan fingerprint density at radius 3 is 2.37 bits per heavy atom. The van der Waals surface area contributed by atoms with E-state index in [0.717, 1.165) is 25.1 Å². The molecule has 0 saturated heterocycles. The molecule has 0 amide bonds. The summed E-state index contributed by atoms with van der Waals surface area (Å²) in [4.78, 5) is 1.78. The largest absolute Gasteiger partial charge is 0.279 e. The molecule has 0 bridgehead atoms. The molecule has 2 aromatic rings. The summed E-state index contributed by atoms with van der Waals surface area (Å²) in [5.74, 6) is 0. The summed E-state index contributed by atoms with van der Waals surface area (Å²) in [6, 6.07) is 18.4. The van der Waals surface area contributed by atoms with Crippen LogP contribution >= 0.6 is 0 Å². The summed E-state index contributed by atoms with van der Waals surface area (Å²) in [6.45, 7) is 2.84. The first-order valence-electron chi connectivity index (χ1n) is 6.64. The SMILES string of the molecule is CCc1ccccc1N(C#N)CCc1ccccc1. The quantitative estimate of drug-likeness (QED) is 0.596. The average Bonchev–Trinajstić information content (AvgIpc) is 2.49. The van der Waals surface area contributed by atoms with Crippen molar-refractivity contribution in [2.75, 3.05) is 11.4 Å². The van der Waals surface area contributed by atoms with Crippen LogP contribution in [0.4, 0.5) is 5.69 Å². The molecular formula is C17H18N2. The number of aryl methyl sites for hydroxylation is 1. The van der Waals surface area contributed by atoms with Gasteiger partial charge in [-0.05, 0) is 30.0 Å². The normalized spacial score (nSPS) is 9.89. The smallest absolute Gasteiger partial charge is 0.184 e. The molecule has 0 atom stereocenters. The van der Waals surface area contributed by atoms with Gasteiger partial charge in [0.2, 0.25) is 0 Å². The van der Waals surface area contributed by atoms with Gasteiger partial charge in [-0.3, -0.25) is 4.90 Å². The van der Waals surface area contributed by atoms with Crippen molar-refractivity contribution in [1.29, 1.82) is 5.26 Å². The highest BCUT2D eigenvalue weighted by Crippen LogP contribution is 2.20. The third kappa shape index (κ3) is 3.35. The number of nitrogens with zero attached hydrogens (tertiary/aromatic N) is 2. The molecule has 0 aromatic heterocycles. The van der Waals surface area contributed by atoms with Crippen LogP contribution in [0.15, 0.2) is 54.6 Å². The number of para-hydroxylation sites is 1. The number of rotatable bonds is 5. The van der Waals surface area contributed by atoms with Crippen molar-refractivity contribution < 1.29 is 0 Å². The topological polar surface area (TPSA) is 27.0 Å². The van der Waals surface area contributed by atoms with E-state index < -0.39 is 0 Å². The molecule has 0 spiro atoms. The molecule has 0 saturated carbocycles.